The molecule has 0 aliphatic rings. The van der Waals surface area contributed by atoms with Crippen molar-refractivity contribution in [1.82, 2.24) is 4.98 Å². The molecule has 0 aliphatic heterocycles. The first-order valence-electron chi connectivity index (χ1n) is 4.22. The van der Waals surface area contributed by atoms with E-state index in [1.807, 2.05) is 32.9 Å². The SMILES string of the molecule is CC(C)(C)OCc1cccnc1Br. The number of ether oxygens (including phenoxy) is 1. The maximum atomic E-state index is 5.63. The summed E-state index contributed by atoms with van der Waals surface area (Å²) in [5.74, 6) is 0. The van der Waals surface area contributed by atoms with Crippen molar-refractivity contribution in [2.45, 2.75) is 33.0 Å². The van der Waals surface area contributed by atoms with Crippen molar-refractivity contribution in [3.8, 4) is 0 Å². The zero-order valence-corrected chi connectivity index (χ0v) is 9.76. The van der Waals surface area contributed by atoms with E-state index in [-0.39, 0.29) is 5.60 Å². The van der Waals surface area contributed by atoms with Crippen molar-refractivity contribution in [3.63, 3.8) is 0 Å². The molecule has 0 unspecified atom stereocenters. The zero-order chi connectivity index (χ0) is 9.90. The van der Waals surface area contributed by atoms with Crippen LogP contribution in [0.3, 0.4) is 0 Å². The lowest BCUT2D eigenvalue weighted by Crippen LogP contribution is -2.18. The Morgan fingerprint density at radius 3 is 2.69 bits per heavy atom. The smallest absolute Gasteiger partial charge is 0.111 e. The molecule has 0 aromatic carbocycles. The molecule has 72 valence electrons. The summed E-state index contributed by atoms with van der Waals surface area (Å²) in [5, 5.41) is 0. The van der Waals surface area contributed by atoms with Crippen LogP contribution in [-0.4, -0.2) is 10.6 Å². The maximum Gasteiger partial charge on any atom is 0.111 e. The van der Waals surface area contributed by atoms with Gasteiger partial charge < -0.3 is 4.74 Å². The summed E-state index contributed by atoms with van der Waals surface area (Å²) in [6, 6.07) is 3.91. The van der Waals surface area contributed by atoms with E-state index in [0.29, 0.717) is 6.61 Å². The summed E-state index contributed by atoms with van der Waals surface area (Å²) in [7, 11) is 0. The van der Waals surface area contributed by atoms with Crippen LogP contribution in [0.15, 0.2) is 22.9 Å². The first kappa shape index (κ1) is 10.7. The first-order valence-corrected chi connectivity index (χ1v) is 5.02. The monoisotopic (exact) mass is 243 g/mol. The molecule has 0 spiro atoms. The van der Waals surface area contributed by atoms with Crippen molar-refractivity contribution in [1.29, 1.82) is 0 Å². The first-order chi connectivity index (χ1) is 5.99. The number of aromatic nitrogens is 1. The minimum absolute atomic E-state index is 0.102. The van der Waals surface area contributed by atoms with E-state index in [1.54, 1.807) is 6.20 Å². The van der Waals surface area contributed by atoms with Crippen molar-refractivity contribution < 1.29 is 4.74 Å². The van der Waals surface area contributed by atoms with Crippen LogP contribution in [0.2, 0.25) is 0 Å². The lowest BCUT2D eigenvalue weighted by molar-refractivity contribution is -0.0153. The van der Waals surface area contributed by atoms with Gasteiger partial charge >= 0.3 is 0 Å². The Morgan fingerprint density at radius 1 is 1.46 bits per heavy atom. The molecule has 2 nitrogen and oxygen atoms in total. The van der Waals surface area contributed by atoms with Gasteiger partial charge in [0.1, 0.15) is 4.60 Å². The van der Waals surface area contributed by atoms with Crippen LogP contribution >= 0.6 is 15.9 Å². The van der Waals surface area contributed by atoms with E-state index in [2.05, 4.69) is 20.9 Å². The van der Waals surface area contributed by atoms with Gasteiger partial charge in [-0.3, -0.25) is 0 Å². The summed E-state index contributed by atoms with van der Waals surface area (Å²) >= 11 is 3.37. The van der Waals surface area contributed by atoms with Crippen LogP contribution in [0, 0.1) is 0 Å². The van der Waals surface area contributed by atoms with Crippen LogP contribution in [0.5, 0.6) is 0 Å². The summed E-state index contributed by atoms with van der Waals surface area (Å²) in [6.07, 6.45) is 1.75. The van der Waals surface area contributed by atoms with Crippen molar-refractivity contribution in [2.24, 2.45) is 0 Å². The Bertz CT molecular complexity index is 280. The third kappa shape index (κ3) is 3.87. The van der Waals surface area contributed by atoms with Crippen LogP contribution in [0.1, 0.15) is 26.3 Å². The van der Waals surface area contributed by atoms with Crippen LogP contribution in [0.25, 0.3) is 0 Å². The molecule has 1 rings (SSSR count). The molecule has 1 aromatic rings. The molecular formula is C10H14BrNO. The predicted molar refractivity (Wildman–Crippen MR) is 56.5 cm³/mol. The molecule has 0 radical (unpaired) electrons. The van der Waals surface area contributed by atoms with Gasteiger partial charge in [-0.1, -0.05) is 6.07 Å². The fourth-order valence-electron chi connectivity index (χ4n) is 0.821. The van der Waals surface area contributed by atoms with Gasteiger partial charge in [0.2, 0.25) is 0 Å². The average molecular weight is 244 g/mol. The van der Waals surface area contributed by atoms with E-state index in [0.717, 1.165) is 10.2 Å². The highest BCUT2D eigenvalue weighted by Gasteiger charge is 2.11. The van der Waals surface area contributed by atoms with Gasteiger partial charge in [-0.2, -0.15) is 0 Å². The Labute approximate surface area is 87.5 Å². The normalized spacial score (nSPS) is 11.7. The number of nitrogens with zero attached hydrogens (tertiary/aromatic N) is 1. The van der Waals surface area contributed by atoms with Crippen molar-refractivity contribution in [3.05, 3.63) is 28.5 Å². The van der Waals surface area contributed by atoms with E-state index in [4.69, 9.17) is 4.74 Å². The third-order valence-electron chi connectivity index (χ3n) is 1.50. The van der Waals surface area contributed by atoms with E-state index < -0.39 is 0 Å². The minimum atomic E-state index is -0.102. The number of halogens is 1. The average Bonchev–Trinajstić information content (AvgIpc) is 2.01. The number of hydrogen-bond donors (Lipinski definition) is 0. The van der Waals surface area contributed by atoms with Gasteiger partial charge in [0.15, 0.2) is 0 Å². The Morgan fingerprint density at radius 2 is 2.15 bits per heavy atom. The molecule has 0 N–H and O–H groups in total. The minimum Gasteiger partial charge on any atom is -0.371 e. The summed E-state index contributed by atoms with van der Waals surface area (Å²) in [5.41, 5.74) is 0.979. The number of rotatable bonds is 2. The standard InChI is InChI=1S/C10H14BrNO/c1-10(2,3)13-7-8-5-4-6-12-9(8)11/h4-6H,7H2,1-3H3. The Hall–Kier alpha value is -0.410. The Balaban J connectivity index is 2.60. The molecule has 0 saturated carbocycles. The largest absolute Gasteiger partial charge is 0.371 e. The second kappa shape index (κ2) is 4.20. The quantitative estimate of drug-likeness (QED) is 0.745. The number of pyridine rings is 1. The van der Waals surface area contributed by atoms with Gasteiger partial charge in [0.05, 0.1) is 12.2 Å². The number of hydrogen-bond acceptors (Lipinski definition) is 2. The van der Waals surface area contributed by atoms with Crippen LogP contribution < -0.4 is 0 Å². The highest BCUT2D eigenvalue weighted by atomic mass is 79.9. The molecule has 13 heavy (non-hydrogen) atoms. The molecule has 0 aliphatic carbocycles. The van der Waals surface area contributed by atoms with E-state index in [9.17, 15) is 0 Å². The molecule has 3 heteroatoms. The molecule has 0 saturated heterocycles. The van der Waals surface area contributed by atoms with Crippen LogP contribution in [0.4, 0.5) is 0 Å². The molecular weight excluding hydrogens is 230 g/mol. The van der Waals surface area contributed by atoms with Gasteiger partial charge in [-0.05, 0) is 42.8 Å². The predicted octanol–water partition coefficient (Wildman–Crippen LogP) is 3.16. The highest BCUT2D eigenvalue weighted by molar-refractivity contribution is 9.10. The summed E-state index contributed by atoms with van der Waals surface area (Å²) < 4.78 is 6.49. The summed E-state index contributed by atoms with van der Waals surface area (Å²) in [6.45, 7) is 6.71. The fraction of sp³-hybridized carbons (Fsp3) is 0.500. The van der Waals surface area contributed by atoms with Crippen molar-refractivity contribution in [2.75, 3.05) is 0 Å². The molecule has 1 aromatic heterocycles. The van der Waals surface area contributed by atoms with Crippen LogP contribution in [-0.2, 0) is 11.3 Å². The van der Waals surface area contributed by atoms with Crippen molar-refractivity contribution >= 4 is 15.9 Å². The van der Waals surface area contributed by atoms with Gasteiger partial charge in [-0.15, -0.1) is 0 Å². The molecule has 0 atom stereocenters. The third-order valence-corrected chi connectivity index (χ3v) is 2.21. The van der Waals surface area contributed by atoms with E-state index >= 15 is 0 Å². The topological polar surface area (TPSA) is 22.1 Å². The lowest BCUT2D eigenvalue weighted by atomic mass is 10.2. The van der Waals surface area contributed by atoms with Gasteiger partial charge in [-0.25, -0.2) is 4.98 Å². The maximum absolute atomic E-state index is 5.63. The highest BCUT2D eigenvalue weighted by Crippen LogP contribution is 2.17. The molecule has 0 amide bonds. The fourth-order valence-corrected chi connectivity index (χ4v) is 1.19. The lowest BCUT2D eigenvalue weighted by Gasteiger charge is -2.19. The van der Waals surface area contributed by atoms with E-state index in [1.165, 1.54) is 0 Å². The summed E-state index contributed by atoms with van der Waals surface area (Å²) in [4.78, 5) is 4.12. The Kier molecular flexibility index (Phi) is 3.45. The zero-order valence-electron chi connectivity index (χ0n) is 8.17. The van der Waals surface area contributed by atoms with Gasteiger partial charge in [0.25, 0.3) is 0 Å². The van der Waals surface area contributed by atoms with Gasteiger partial charge in [0, 0.05) is 11.8 Å². The second-order valence-electron chi connectivity index (χ2n) is 3.85. The molecule has 0 fully saturated rings. The molecule has 0 bridgehead atoms. The second-order valence-corrected chi connectivity index (χ2v) is 4.61. The molecule has 1 heterocycles.